The van der Waals surface area contributed by atoms with Crippen LogP contribution in [0.1, 0.15) is 39.5 Å². The first-order valence-corrected chi connectivity index (χ1v) is 11.8. The topological polar surface area (TPSA) is 52.6 Å². The number of nitrogens with zero attached hydrogens (tertiary/aromatic N) is 5. The lowest BCUT2D eigenvalue weighted by molar-refractivity contribution is -0.129. The Morgan fingerprint density at radius 2 is 1.72 bits per heavy atom. The smallest absolute Gasteiger partial charge is 0.237 e. The van der Waals surface area contributed by atoms with Gasteiger partial charge in [-0.25, -0.2) is 9.97 Å². The predicted molar refractivity (Wildman–Crippen MR) is 119 cm³/mol. The number of unbranched alkanes of at least 4 members (excludes halogenated alkanes) is 1. The van der Waals surface area contributed by atoms with Crippen LogP contribution in [0.25, 0.3) is 0 Å². The maximum absolute atomic E-state index is 12.7. The number of amides is 1. The van der Waals surface area contributed by atoms with Crippen LogP contribution in [0.3, 0.4) is 0 Å². The van der Waals surface area contributed by atoms with E-state index in [-0.39, 0.29) is 5.92 Å². The van der Waals surface area contributed by atoms with Crippen molar-refractivity contribution in [2.45, 2.75) is 44.8 Å². The highest BCUT2D eigenvalue weighted by Crippen LogP contribution is 2.44. The molecule has 0 radical (unpaired) electrons. The molecule has 3 aliphatic rings. The number of allylic oxidation sites excluding steroid dienone is 2. The van der Waals surface area contributed by atoms with E-state index in [0.29, 0.717) is 16.3 Å². The first-order chi connectivity index (χ1) is 14.0. The zero-order chi connectivity index (χ0) is 20.4. The van der Waals surface area contributed by atoms with Crippen LogP contribution in [0.2, 0.25) is 5.15 Å². The summed E-state index contributed by atoms with van der Waals surface area (Å²) in [5, 5.41) is 0.946. The molecule has 1 aliphatic carbocycles. The van der Waals surface area contributed by atoms with Crippen molar-refractivity contribution in [2.24, 2.45) is 5.92 Å². The Balaban J connectivity index is 1.16. The van der Waals surface area contributed by atoms with Crippen LogP contribution in [-0.4, -0.2) is 69.6 Å². The molecule has 2 fully saturated rings. The zero-order valence-corrected chi connectivity index (χ0v) is 18.9. The molecule has 2 aliphatic heterocycles. The number of carbonyl (C=O) groups is 1. The lowest BCUT2D eigenvalue weighted by Crippen LogP contribution is -2.47. The second kappa shape index (κ2) is 9.23. The third kappa shape index (κ3) is 4.72. The summed E-state index contributed by atoms with van der Waals surface area (Å²) in [6.45, 7) is 10.2. The van der Waals surface area contributed by atoms with Gasteiger partial charge in [0.05, 0.1) is 5.92 Å². The van der Waals surface area contributed by atoms with Crippen LogP contribution in [0.4, 0.5) is 5.82 Å². The summed E-state index contributed by atoms with van der Waals surface area (Å²) >= 11 is 7.96. The van der Waals surface area contributed by atoms with Crippen LogP contribution in [-0.2, 0) is 4.79 Å². The molecule has 2 saturated heterocycles. The second-order valence-corrected chi connectivity index (χ2v) is 9.98. The molecule has 158 valence electrons. The largest absolute Gasteiger partial charge is 0.351 e. The van der Waals surface area contributed by atoms with Gasteiger partial charge in [-0.2, -0.15) is 0 Å². The van der Waals surface area contributed by atoms with Crippen molar-refractivity contribution in [1.82, 2.24) is 19.2 Å². The standard InChI is InChI=1S/C21H30ClN5OS/c1-15-13-17-18(14-16(15)2)29-27(21(17)28)8-4-3-7-25-9-11-26(12-10-25)20-19(22)23-5-6-24-20/h5-6,17-18H,3-4,7-14H2,1-2H3. The summed E-state index contributed by atoms with van der Waals surface area (Å²) in [6, 6.07) is 0. The molecule has 8 heteroatoms. The van der Waals surface area contributed by atoms with Crippen LogP contribution in [0.15, 0.2) is 23.5 Å². The molecule has 1 aromatic heterocycles. The van der Waals surface area contributed by atoms with E-state index in [1.165, 1.54) is 11.1 Å². The first kappa shape index (κ1) is 20.9. The van der Waals surface area contributed by atoms with Gasteiger partial charge in [-0.05, 0) is 58.0 Å². The Morgan fingerprint density at radius 3 is 2.48 bits per heavy atom. The Hall–Kier alpha value is -1.31. The van der Waals surface area contributed by atoms with Gasteiger partial charge in [0.2, 0.25) is 5.91 Å². The fourth-order valence-corrected chi connectivity index (χ4v) is 6.18. The van der Waals surface area contributed by atoms with Gasteiger partial charge in [0.25, 0.3) is 0 Å². The summed E-state index contributed by atoms with van der Waals surface area (Å²) in [7, 11) is 0. The van der Waals surface area contributed by atoms with Crippen LogP contribution in [0.5, 0.6) is 0 Å². The highest BCUT2D eigenvalue weighted by Gasteiger charge is 2.43. The van der Waals surface area contributed by atoms with E-state index in [4.69, 9.17) is 11.6 Å². The Kier molecular flexibility index (Phi) is 6.66. The number of fused-ring (bicyclic) bond motifs is 1. The van der Waals surface area contributed by atoms with E-state index in [9.17, 15) is 4.79 Å². The predicted octanol–water partition coefficient (Wildman–Crippen LogP) is 3.64. The Bertz CT molecular complexity index is 780. The van der Waals surface area contributed by atoms with Crippen molar-refractivity contribution in [2.75, 3.05) is 44.2 Å². The normalized spacial score (nSPS) is 25.7. The number of carbonyl (C=O) groups excluding carboxylic acids is 1. The van der Waals surface area contributed by atoms with Gasteiger partial charge in [0.15, 0.2) is 11.0 Å². The number of rotatable bonds is 6. The molecule has 0 N–H and O–H groups in total. The Morgan fingerprint density at radius 1 is 1.03 bits per heavy atom. The number of anilines is 1. The zero-order valence-electron chi connectivity index (χ0n) is 17.3. The van der Waals surface area contributed by atoms with Crippen molar-refractivity contribution in [3.05, 3.63) is 28.7 Å². The highest BCUT2D eigenvalue weighted by atomic mass is 35.5. The monoisotopic (exact) mass is 435 g/mol. The number of aromatic nitrogens is 2. The third-order valence-corrected chi connectivity index (χ3v) is 8.08. The van der Waals surface area contributed by atoms with Crippen LogP contribution in [0, 0.1) is 5.92 Å². The van der Waals surface area contributed by atoms with Gasteiger partial charge >= 0.3 is 0 Å². The highest BCUT2D eigenvalue weighted by molar-refractivity contribution is 7.98. The van der Waals surface area contributed by atoms with Crippen molar-refractivity contribution in [3.8, 4) is 0 Å². The van der Waals surface area contributed by atoms with E-state index in [2.05, 4.69) is 37.9 Å². The molecule has 29 heavy (non-hydrogen) atoms. The van der Waals surface area contributed by atoms with E-state index in [0.717, 1.165) is 70.8 Å². The number of hydrogen-bond acceptors (Lipinski definition) is 6. The molecule has 1 amide bonds. The molecule has 1 aromatic rings. The van der Waals surface area contributed by atoms with E-state index >= 15 is 0 Å². The average molecular weight is 436 g/mol. The van der Waals surface area contributed by atoms with Crippen LogP contribution >= 0.6 is 23.5 Å². The fourth-order valence-electron chi connectivity index (χ4n) is 4.47. The van der Waals surface area contributed by atoms with Crippen LogP contribution < -0.4 is 4.90 Å². The van der Waals surface area contributed by atoms with Gasteiger partial charge < -0.3 is 4.90 Å². The molecule has 0 aromatic carbocycles. The molecule has 2 atom stereocenters. The summed E-state index contributed by atoms with van der Waals surface area (Å²) < 4.78 is 2.05. The summed E-state index contributed by atoms with van der Waals surface area (Å²) in [6.07, 6.45) is 7.55. The minimum absolute atomic E-state index is 0.213. The SMILES string of the molecule is CC1=C(C)CC2C(=O)N(CCCCN3CCN(c4nccnc4Cl)CC3)SC2C1. The van der Waals surface area contributed by atoms with E-state index in [1.54, 1.807) is 24.3 Å². The molecule has 6 nitrogen and oxygen atoms in total. The van der Waals surface area contributed by atoms with Gasteiger partial charge in [-0.15, -0.1) is 0 Å². The van der Waals surface area contributed by atoms with Gasteiger partial charge in [0, 0.05) is 50.4 Å². The molecule has 0 spiro atoms. The Labute approximate surface area is 182 Å². The van der Waals surface area contributed by atoms with Gasteiger partial charge in [0.1, 0.15) is 0 Å². The molecular weight excluding hydrogens is 406 g/mol. The minimum Gasteiger partial charge on any atom is -0.351 e. The average Bonchev–Trinajstić information content (AvgIpc) is 3.01. The maximum atomic E-state index is 12.7. The summed E-state index contributed by atoms with van der Waals surface area (Å²) in [4.78, 5) is 25.9. The van der Waals surface area contributed by atoms with Crippen molar-refractivity contribution >= 4 is 35.3 Å². The number of halogens is 1. The lowest BCUT2D eigenvalue weighted by Gasteiger charge is -2.35. The molecule has 2 unspecified atom stereocenters. The number of hydrogen-bond donors (Lipinski definition) is 0. The van der Waals surface area contributed by atoms with Crippen molar-refractivity contribution in [3.63, 3.8) is 0 Å². The lowest BCUT2D eigenvalue weighted by atomic mass is 9.84. The maximum Gasteiger partial charge on any atom is 0.237 e. The summed E-state index contributed by atoms with van der Waals surface area (Å²) in [5.74, 6) is 1.37. The molecule has 0 saturated carbocycles. The molecule has 4 rings (SSSR count). The van der Waals surface area contributed by atoms with Crippen molar-refractivity contribution < 1.29 is 4.79 Å². The van der Waals surface area contributed by atoms with Gasteiger partial charge in [-0.3, -0.25) is 14.0 Å². The fraction of sp³-hybridized carbons (Fsp3) is 0.667. The summed E-state index contributed by atoms with van der Waals surface area (Å²) in [5.41, 5.74) is 2.90. The molecular formula is C21H30ClN5OS. The second-order valence-electron chi connectivity index (χ2n) is 8.37. The van der Waals surface area contributed by atoms with Gasteiger partial charge in [-0.1, -0.05) is 22.7 Å². The van der Waals surface area contributed by atoms with Crippen molar-refractivity contribution in [1.29, 1.82) is 0 Å². The van der Waals surface area contributed by atoms with E-state index in [1.807, 2.05) is 0 Å². The quantitative estimate of drug-likeness (QED) is 0.386. The third-order valence-electron chi connectivity index (χ3n) is 6.43. The van der Waals surface area contributed by atoms with E-state index < -0.39 is 0 Å². The molecule has 3 heterocycles. The first-order valence-electron chi connectivity index (χ1n) is 10.6. The minimum atomic E-state index is 0.213. The number of piperazine rings is 1. The molecule has 0 bridgehead atoms.